The molecule has 12 heteroatoms. The quantitative estimate of drug-likeness (QED) is 0.604. The van der Waals surface area contributed by atoms with Crippen molar-refractivity contribution in [1.82, 2.24) is 30.7 Å². The number of amides is 2. The Bertz CT molecular complexity index is 1120. The van der Waals surface area contributed by atoms with Crippen molar-refractivity contribution in [2.75, 3.05) is 26.7 Å². The van der Waals surface area contributed by atoms with Crippen molar-refractivity contribution in [3.8, 4) is 17.1 Å². The molecule has 4 heterocycles. The van der Waals surface area contributed by atoms with Gasteiger partial charge in [0, 0.05) is 36.2 Å². The molecule has 5 rings (SSSR count). The number of pyridine rings is 1. The average molecular weight is 478 g/mol. The van der Waals surface area contributed by atoms with Crippen LogP contribution < -0.4 is 15.4 Å². The van der Waals surface area contributed by atoms with E-state index in [1.807, 2.05) is 0 Å². The second-order valence-corrected chi connectivity index (χ2v) is 9.20. The summed E-state index contributed by atoms with van der Waals surface area (Å²) in [6.07, 6.45) is 3.29. The number of nitrogens with zero attached hydrogens (tertiary/aromatic N) is 3. The maximum atomic E-state index is 14.3. The van der Waals surface area contributed by atoms with Crippen LogP contribution in [0.15, 0.2) is 18.3 Å². The fourth-order valence-corrected chi connectivity index (χ4v) is 4.90. The molecular weight excluding hydrogens is 453 g/mol. The molecule has 0 radical (unpaired) electrons. The second kappa shape index (κ2) is 8.26. The van der Waals surface area contributed by atoms with Gasteiger partial charge in [-0.1, -0.05) is 0 Å². The van der Waals surface area contributed by atoms with Gasteiger partial charge in [-0.2, -0.15) is 5.10 Å². The van der Waals surface area contributed by atoms with Gasteiger partial charge in [0.2, 0.25) is 11.8 Å². The van der Waals surface area contributed by atoms with Crippen LogP contribution in [0.1, 0.15) is 36.2 Å². The molecule has 3 aliphatic rings. The van der Waals surface area contributed by atoms with E-state index in [9.17, 15) is 22.8 Å². The standard InChI is InChI=1S/C22H25F3N6O3/c1-34-18-6-13(14(23)9-27-18)15-7-16(30-29-15)20(33)31-5-2-12(8-21(31)3-4-21)19(32)28-17-10-26-11-22(17,24)25/h6-7,9,12,17,26H,2-5,8,10-11H2,1H3,(H,28,32)(H,29,30)/t12-,17?/m0/s1. The summed E-state index contributed by atoms with van der Waals surface area (Å²) in [7, 11) is 1.42. The molecule has 2 amide bonds. The number of aromatic nitrogens is 3. The molecule has 2 aliphatic heterocycles. The van der Waals surface area contributed by atoms with Gasteiger partial charge >= 0.3 is 0 Å². The van der Waals surface area contributed by atoms with Crippen LogP contribution in [-0.2, 0) is 4.79 Å². The summed E-state index contributed by atoms with van der Waals surface area (Å²) in [5.74, 6) is -4.47. The molecule has 3 fully saturated rings. The molecule has 1 saturated carbocycles. The Labute approximate surface area is 193 Å². The predicted octanol–water partition coefficient (Wildman–Crippen LogP) is 1.73. The summed E-state index contributed by atoms with van der Waals surface area (Å²) < 4.78 is 47.0. The van der Waals surface area contributed by atoms with Crippen LogP contribution in [0.3, 0.4) is 0 Å². The molecule has 2 atom stereocenters. The number of halogens is 3. The lowest BCUT2D eigenvalue weighted by Gasteiger charge is -2.39. The van der Waals surface area contributed by atoms with E-state index < -0.39 is 41.7 Å². The van der Waals surface area contributed by atoms with Crippen molar-refractivity contribution in [3.05, 3.63) is 29.8 Å². The van der Waals surface area contributed by atoms with E-state index in [-0.39, 0.29) is 29.6 Å². The normalized spacial score (nSPS) is 24.8. The van der Waals surface area contributed by atoms with Crippen molar-refractivity contribution >= 4 is 11.8 Å². The van der Waals surface area contributed by atoms with Crippen LogP contribution in [0, 0.1) is 11.7 Å². The number of likely N-dealkylation sites (tertiary alicyclic amines) is 1. The van der Waals surface area contributed by atoms with Crippen LogP contribution >= 0.6 is 0 Å². The van der Waals surface area contributed by atoms with Crippen LogP contribution in [0.25, 0.3) is 11.3 Å². The number of rotatable bonds is 5. The average Bonchev–Trinajstić information content (AvgIpc) is 3.25. The number of alkyl halides is 2. The van der Waals surface area contributed by atoms with Gasteiger partial charge in [0.15, 0.2) is 11.5 Å². The Morgan fingerprint density at radius 2 is 2.09 bits per heavy atom. The monoisotopic (exact) mass is 478 g/mol. The van der Waals surface area contributed by atoms with Crippen molar-refractivity contribution in [1.29, 1.82) is 0 Å². The number of carbonyl (C=O) groups is 2. The van der Waals surface area contributed by atoms with E-state index in [0.717, 1.165) is 19.0 Å². The molecule has 1 unspecified atom stereocenters. The number of hydrogen-bond acceptors (Lipinski definition) is 6. The van der Waals surface area contributed by atoms with Gasteiger partial charge in [-0.25, -0.2) is 18.2 Å². The molecule has 3 N–H and O–H groups in total. The first-order valence-corrected chi connectivity index (χ1v) is 11.2. The molecular formula is C22H25F3N6O3. The minimum absolute atomic E-state index is 0.0344. The third-order valence-corrected chi connectivity index (χ3v) is 7.01. The molecule has 1 spiro atoms. The topological polar surface area (TPSA) is 112 Å². The molecule has 9 nitrogen and oxygen atoms in total. The van der Waals surface area contributed by atoms with Crippen molar-refractivity contribution < 1.29 is 27.5 Å². The number of carbonyl (C=O) groups excluding carboxylic acids is 2. The maximum Gasteiger partial charge on any atom is 0.281 e. The van der Waals surface area contributed by atoms with Crippen molar-refractivity contribution in [2.45, 2.75) is 43.2 Å². The number of aromatic amines is 1. The third-order valence-electron chi connectivity index (χ3n) is 7.01. The number of H-pyrrole nitrogens is 1. The summed E-state index contributed by atoms with van der Waals surface area (Å²) in [5.41, 5.74) is 0.147. The van der Waals surface area contributed by atoms with Gasteiger partial charge < -0.3 is 20.3 Å². The summed E-state index contributed by atoms with van der Waals surface area (Å²) in [5, 5.41) is 11.9. The van der Waals surface area contributed by atoms with E-state index in [4.69, 9.17) is 4.74 Å². The van der Waals surface area contributed by atoms with E-state index in [0.29, 0.717) is 25.1 Å². The molecule has 2 aromatic heterocycles. The smallest absolute Gasteiger partial charge is 0.281 e. The van der Waals surface area contributed by atoms with E-state index >= 15 is 0 Å². The Balaban J connectivity index is 1.27. The summed E-state index contributed by atoms with van der Waals surface area (Å²) in [4.78, 5) is 31.5. The summed E-state index contributed by atoms with van der Waals surface area (Å²) in [6.45, 7) is -0.0980. The van der Waals surface area contributed by atoms with Gasteiger partial charge in [-0.15, -0.1) is 0 Å². The highest BCUT2D eigenvalue weighted by atomic mass is 19.3. The highest BCUT2D eigenvalue weighted by Crippen LogP contribution is 2.50. The first-order valence-electron chi connectivity index (χ1n) is 11.2. The fraction of sp³-hybridized carbons (Fsp3) is 0.545. The minimum Gasteiger partial charge on any atom is -0.481 e. The number of hydrogen-bond donors (Lipinski definition) is 3. The van der Waals surface area contributed by atoms with Crippen LogP contribution in [0.5, 0.6) is 5.88 Å². The lowest BCUT2D eigenvalue weighted by Crippen LogP contribution is -2.54. The SMILES string of the molecule is COc1cc(-c2cc(C(=O)N3CC[C@H](C(=O)NC4CNCC4(F)F)CC34CC4)n[nH]2)c(F)cn1. The lowest BCUT2D eigenvalue weighted by atomic mass is 9.87. The largest absolute Gasteiger partial charge is 0.481 e. The number of methoxy groups -OCH3 is 1. The van der Waals surface area contributed by atoms with Gasteiger partial charge in [-0.3, -0.25) is 14.7 Å². The number of ether oxygens (including phenoxy) is 1. The third kappa shape index (κ3) is 3.99. The van der Waals surface area contributed by atoms with Gasteiger partial charge in [0.25, 0.3) is 11.8 Å². The summed E-state index contributed by atoms with van der Waals surface area (Å²) in [6, 6.07) is 1.67. The molecule has 182 valence electrons. The molecule has 0 aromatic carbocycles. The second-order valence-electron chi connectivity index (χ2n) is 9.20. The fourth-order valence-electron chi connectivity index (χ4n) is 4.90. The molecule has 0 bridgehead atoms. The molecule has 34 heavy (non-hydrogen) atoms. The Hall–Kier alpha value is -3.15. The number of nitrogens with one attached hydrogen (secondary N) is 3. The first kappa shape index (κ1) is 22.6. The minimum atomic E-state index is -2.97. The highest BCUT2D eigenvalue weighted by molar-refractivity contribution is 5.94. The maximum absolute atomic E-state index is 14.3. The lowest BCUT2D eigenvalue weighted by molar-refractivity contribution is -0.130. The Morgan fingerprint density at radius 1 is 1.29 bits per heavy atom. The zero-order valence-electron chi connectivity index (χ0n) is 18.5. The van der Waals surface area contributed by atoms with E-state index in [2.05, 4.69) is 25.8 Å². The van der Waals surface area contributed by atoms with E-state index in [1.165, 1.54) is 19.2 Å². The van der Waals surface area contributed by atoms with Crippen molar-refractivity contribution in [3.63, 3.8) is 0 Å². The zero-order chi connectivity index (χ0) is 24.1. The van der Waals surface area contributed by atoms with Crippen LogP contribution in [-0.4, -0.2) is 76.1 Å². The zero-order valence-corrected chi connectivity index (χ0v) is 18.5. The summed E-state index contributed by atoms with van der Waals surface area (Å²) >= 11 is 0. The molecule has 2 aromatic rings. The Kier molecular flexibility index (Phi) is 5.50. The van der Waals surface area contributed by atoms with Gasteiger partial charge in [0.1, 0.15) is 6.04 Å². The van der Waals surface area contributed by atoms with Crippen molar-refractivity contribution in [2.24, 2.45) is 5.92 Å². The molecule has 2 saturated heterocycles. The van der Waals surface area contributed by atoms with Gasteiger partial charge in [-0.05, 0) is 31.7 Å². The number of piperidine rings is 1. The van der Waals surface area contributed by atoms with Crippen LogP contribution in [0.4, 0.5) is 13.2 Å². The first-order chi connectivity index (χ1) is 16.2. The molecule has 1 aliphatic carbocycles. The highest BCUT2D eigenvalue weighted by Gasteiger charge is 2.55. The predicted molar refractivity (Wildman–Crippen MR) is 114 cm³/mol. The Morgan fingerprint density at radius 3 is 2.76 bits per heavy atom. The van der Waals surface area contributed by atoms with E-state index in [1.54, 1.807) is 4.90 Å². The van der Waals surface area contributed by atoms with Gasteiger partial charge in [0.05, 0.1) is 25.5 Å². The van der Waals surface area contributed by atoms with Crippen LogP contribution in [0.2, 0.25) is 0 Å².